The van der Waals surface area contributed by atoms with Gasteiger partial charge in [0.15, 0.2) is 0 Å². The van der Waals surface area contributed by atoms with Gasteiger partial charge in [-0.1, -0.05) is 0 Å². The highest BCUT2D eigenvalue weighted by atomic mass is 32.2. The van der Waals surface area contributed by atoms with Gasteiger partial charge in [-0.2, -0.15) is 0 Å². The van der Waals surface area contributed by atoms with E-state index < -0.39 is 20.7 Å². The zero-order chi connectivity index (χ0) is 13.9. The van der Waals surface area contributed by atoms with E-state index in [0.717, 1.165) is 12.1 Å². The van der Waals surface area contributed by atoms with Crippen LogP contribution in [0.25, 0.3) is 0 Å². The van der Waals surface area contributed by atoms with Gasteiger partial charge >= 0.3 is 0 Å². The van der Waals surface area contributed by atoms with E-state index in [9.17, 15) is 12.8 Å². The Morgan fingerprint density at radius 2 is 2.21 bits per heavy atom. The van der Waals surface area contributed by atoms with E-state index in [2.05, 4.69) is 14.7 Å². The number of rotatable bonds is 5. The minimum Gasteiger partial charge on any atom is -0.399 e. The van der Waals surface area contributed by atoms with Gasteiger partial charge in [-0.05, 0) is 18.2 Å². The molecule has 0 unspecified atom stereocenters. The molecule has 19 heavy (non-hydrogen) atoms. The molecule has 0 radical (unpaired) electrons. The number of benzene rings is 1. The van der Waals surface area contributed by atoms with Crippen LogP contribution in [0.5, 0.6) is 0 Å². The molecule has 4 N–H and O–H groups in total. The monoisotopic (exact) mass is 284 g/mol. The van der Waals surface area contributed by atoms with Crippen molar-refractivity contribution < 1.29 is 12.8 Å². The number of hydrogen-bond donors (Lipinski definition) is 3. The molecule has 102 valence electrons. The molecule has 1 heterocycles. The van der Waals surface area contributed by atoms with Crippen molar-refractivity contribution in [1.82, 2.24) is 14.7 Å². The summed E-state index contributed by atoms with van der Waals surface area (Å²) in [5, 5.41) is 0. The topological polar surface area (TPSA) is 101 Å². The van der Waals surface area contributed by atoms with Gasteiger partial charge in [0, 0.05) is 31.0 Å². The number of nitrogens with two attached hydrogens (primary N) is 1. The van der Waals surface area contributed by atoms with Crippen LogP contribution >= 0.6 is 0 Å². The Labute approximate surface area is 109 Å². The summed E-state index contributed by atoms with van der Waals surface area (Å²) < 4.78 is 39.6. The van der Waals surface area contributed by atoms with Crippen molar-refractivity contribution in [1.29, 1.82) is 0 Å². The fourth-order valence-corrected chi connectivity index (χ4v) is 2.68. The van der Waals surface area contributed by atoms with Crippen molar-refractivity contribution >= 4 is 15.7 Å². The first-order valence-corrected chi connectivity index (χ1v) is 7.00. The lowest BCUT2D eigenvalue weighted by Crippen LogP contribution is -2.27. The molecule has 1 aromatic heterocycles. The molecule has 0 aliphatic carbocycles. The standard InChI is InChI=1S/C11H13FN4O2S/c12-9-2-1-8(13)7-10(9)19(17,18)16-4-3-11-14-5-6-15-11/h1-2,5-7,16H,3-4,13H2,(H,14,15). The Bertz CT molecular complexity index is 655. The molecule has 0 spiro atoms. The van der Waals surface area contributed by atoms with Crippen LogP contribution in [0.2, 0.25) is 0 Å². The van der Waals surface area contributed by atoms with Crippen molar-refractivity contribution in [2.24, 2.45) is 0 Å². The lowest BCUT2D eigenvalue weighted by atomic mass is 10.3. The molecule has 0 bridgehead atoms. The van der Waals surface area contributed by atoms with Crippen molar-refractivity contribution in [2.45, 2.75) is 11.3 Å². The summed E-state index contributed by atoms with van der Waals surface area (Å²) in [6, 6.07) is 3.41. The van der Waals surface area contributed by atoms with Gasteiger partial charge < -0.3 is 10.7 Å². The highest BCUT2D eigenvalue weighted by Crippen LogP contribution is 2.17. The van der Waals surface area contributed by atoms with Gasteiger partial charge in [-0.3, -0.25) is 0 Å². The van der Waals surface area contributed by atoms with Crippen LogP contribution in [0.4, 0.5) is 10.1 Å². The van der Waals surface area contributed by atoms with Crippen molar-refractivity contribution in [3.63, 3.8) is 0 Å². The second kappa shape index (κ2) is 5.37. The highest BCUT2D eigenvalue weighted by Gasteiger charge is 2.18. The number of nitrogens with one attached hydrogen (secondary N) is 2. The van der Waals surface area contributed by atoms with Crippen LogP contribution in [0.3, 0.4) is 0 Å². The summed E-state index contributed by atoms with van der Waals surface area (Å²) in [6.07, 6.45) is 3.60. The molecule has 0 fully saturated rings. The summed E-state index contributed by atoms with van der Waals surface area (Å²) >= 11 is 0. The van der Waals surface area contributed by atoms with Crippen LogP contribution in [-0.4, -0.2) is 24.9 Å². The molecule has 0 amide bonds. The van der Waals surface area contributed by atoms with E-state index in [1.165, 1.54) is 6.07 Å². The first-order chi connectivity index (χ1) is 8.99. The third kappa shape index (κ3) is 3.30. The van der Waals surface area contributed by atoms with Crippen LogP contribution in [-0.2, 0) is 16.4 Å². The van der Waals surface area contributed by atoms with Gasteiger partial charge in [-0.15, -0.1) is 0 Å². The third-order valence-corrected chi connectivity index (χ3v) is 3.93. The molecule has 0 atom stereocenters. The lowest BCUT2D eigenvalue weighted by Gasteiger charge is -2.07. The molecular formula is C11H13FN4O2S. The second-order valence-electron chi connectivity index (χ2n) is 3.87. The van der Waals surface area contributed by atoms with Gasteiger partial charge in [0.25, 0.3) is 0 Å². The summed E-state index contributed by atoms with van der Waals surface area (Å²) in [5.74, 6) is -0.185. The normalized spacial score (nSPS) is 11.6. The zero-order valence-corrected chi connectivity index (χ0v) is 10.7. The first-order valence-electron chi connectivity index (χ1n) is 5.52. The molecule has 6 nitrogen and oxygen atoms in total. The number of nitrogen functional groups attached to an aromatic ring is 1. The Morgan fingerprint density at radius 3 is 2.89 bits per heavy atom. The van der Waals surface area contributed by atoms with Crippen LogP contribution in [0.1, 0.15) is 5.82 Å². The van der Waals surface area contributed by atoms with Crippen LogP contribution in [0.15, 0.2) is 35.5 Å². The fraction of sp³-hybridized carbons (Fsp3) is 0.182. The smallest absolute Gasteiger partial charge is 0.243 e. The highest BCUT2D eigenvalue weighted by molar-refractivity contribution is 7.89. The maximum atomic E-state index is 13.5. The number of sulfonamides is 1. The largest absolute Gasteiger partial charge is 0.399 e. The average molecular weight is 284 g/mol. The molecule has 0 saturated heterocycles. The number of aromatic nitrogens is 2. The quantitative estimate of drug-likeness (QED) is 0.702. The van der Waals surface area contributed by atoms with Crippen molar-refractivity contribution in [3.8, 4) is 0 Å². The van der Waals surface area contributed by atoms with Crippen molar-refractivity contribution in [2.75, 3.05) is 12.3 Å². The molecule has 2 aromatic rings. The van der Waals surface area contributed by atoms with E-state index >= 15 is 0 Å². The number of aromatic amines is 1. The Balaban J connectivity index is 2.07. The number of hydrogen-bond acceptors (Lipinski definition) is 4. The number of anilines is 1. The predicted molar refractivity (Wildman–Crippen MR) is 68.3 cm³/mol. The van der Waals surface area contributed by atoms with E-state index in [0.29, 0.717) is 12.2 Å². The molecule has 8 heteroatoms. The van der Waals surface area contributed by atoms with Gasteiger partial charge in [0.2, 0.25) is 10.0 Å². The third-order valence-electron chi connectivity index (χ3n) is 2.45. The van der Waals surface area contributed by atoms with Gasteiger partial charge in [0.05, 0.1) is 0 Å². The minimum atomic E-state index is -3.91. The van der Waals surface area contributed by atoms with E-state index in [1.54, 1.807) is 12.4 Å². The Morgan fingerprint density at radius 1 is 1.42 bits per heavy atom. The van der Waals surface area contributed by atoms with Crippen LogP contribution < -0.4 is 10.5 Å². The molecular weight excluding hydrogens is 271 g/mol. The summed E-state index contributed by atoms with van der Waals surface area (Å²) in [4.78, 5) is 6.35. The first kappa shape index (κ1) is 13.5. The Hall–Kier alpha value is -1.93. The van der Waals surface area contributed by atoms with Crippen molar-refractivity contribution in [3.05, 3.63) is 42.2 Å². The summed E-state index contributed by atoms with van der Waals surface area (Å²) in [5.41, 5.74) is 5.64. The minimum absolute atomic E-state index is 0.115. The maximum Gasteiger partial charge on any atom is 0.243 e. The van der Waals surface area contributed by atoms with E-state index in [4.69, 9.17) is 5.73 Å². The molecule has 0 saturated carbocycles. The summed E-state index contributed by atoms with van der Waals surface area (Å²) in [6.45, 7) is 0.115. The average Bonchev–Trinajstić information content (AvgIpc) is 2.85. The number of H-pyrrole nitrogens is 1. The molecule has 0 aliphatic heterocycles. The maximum absolute atomic E-state index is 13.5. The number of imidazole rings is 1. The van der Waals surface area contributed by atoms with Gasteiger partial charge in [0.1, 0.15) is 16.5 Å². The second-order valence-corrected chi connectivity index (χ2v) is 5.61. The van der Waals surface area contributed by atoms with E-state index in [1.807, 2.05) is 0 Å². The molecule has 1 aromatic carbocycles. The fourth-order valence-electron chi connectivity index (χ4n) is 1.54. The lowest BCUT2D eigenvalue weighted by molar-refractivity contribution is 0.557. The Kier molecular flexibility index (Phi) is 3.82. The SMILES string of the molecule is Nc1ccc(F)c(S(=O)(=O)NCCc2ncc[nH]2)c1. The van der Waals surface area contributed by atoms with Crippen LogP contribution in [0, 0.1) is 5.82 Å². The molecule has 0 aliphatic rings. The zero-order valence-electron chi connectivity index (χ0n) is 9.93. The van der Waals surface area contributed by atoms with E-state index in [-0.39, 0.29) is 12.2 Å². The number of halogens is 1. The summed E-state index contributed by atoms with van der Waals surface area (Å²) in [7, 11) is -3.91. The predicted octanol–water partition coefficient (Wildman–Crippen LogP) is 0.652. The molecule has 2 rings (SSSR count). The number of nitrogens with zero attached hydrogens (tertiary/aromatic N) is 1. The van der Waals surface area contributed by atoms with Gasteiger partial charge in [-0.25, -0.2) is 22.5 Å².